The maximum Gasteiger partial charge on any atom is 0.457 e. The van der Waals surface area contributed by atoms with Crippen LogP contribution in [0.5, 0.6) is 5.75 Å². The third-order valence-corrected chi connectivity index (χ3v) is 1.67. The standard InChI is InChI=1S/C9H10F3NO/c1-14-8-5-3-2-4-7(8)6-13-9(10,11)12/h2-5,13H,6H2,1H3. The van der Waals surface area contributed by atoms with E-state index in [0.29, 0.717) is 11.3 Å². The Balaban J connectivity index is 2.67. The van der Waals surface area contributed by atoms with Gasteiger partial charge in [0.1, 0.15) is 5.75 Å². The third kappa shape index (κ3) is 3.26. The number of halogens is 3. The Bertz CT molecular complexity index is 298. The largest absolute Gasteiger partial charge is 0.496 e. The normalized spacial score (nSPS) is 11.4. The van der Waals surface area contributed by atoms with Gasteiger partial charge in [0.2, 0.25) is 0 Å². The maximum absolute atomic E-state index is 11.8. The number of ether oxygens (including phenoxy) is 1. The van der Waals surface area contributed by atoms with Crippen molar-refractivity contribution in [2.45, 2.75) is 12.8 Å². The smallest absolute Gasteiger partial charge is 0.457 e. The first-order valence-electron chi connectivity index (χ1n) is 3.96. The van der Waals surface area contributed by atoms with E-state index in [1.165, 1.54) is 12.4 Å². The third-order valence-electron chi connectivity index (χ3n) is 1.67. The fraction of sp³-hybridized carbons (Fsp3) is 0.333. The number of rotatable bonds is 3. The van der Waals surface area contributed by atoms with E-state index in [4.69, 9.17) is 4.74 Å². The molecule has 0 aliphatic carbocycles. The highest BCUT2D eigenvalue weighted by Crippen LogP contribution is 2.19. The lowest BCUT2D eigenvalue weighted by atomic mass is 10.2. The summed E-state index contributed by atoms with van der Waals surface area (Å²) >= 11 is 0. The number of alkyl halides is 3. The lowest BCUT2D eigenvalue weighted by molar-refractivity contribution is -0.158. The van der Waals surface area contributed by atoms with Gasteiger partial charge in [-0.15, -0.1) is 0 Å². The molecule has 0 saturated carbocycles. The number of benzene rings is 1. The molecule has 0 atom stereocenters. The van der Waals surface area contributed by atoms with Crippen molar-refractivity contribution in [1.29, 1.82) is 0 Å². The molecular weight excluding hydrogens is 195 g/mol. The predicted molar refractivity (Wildman–Crippen MR) is 45.9 cm³/mol. The molecular formula is C9H10F3NO. The summed E-state index contributed by atoms with van der Waals surface area (Å²) in [7, 11) is 1.42. The number of para-hydroxylation sites is 1. The van der Waals surface area contributed by atoms with Gasteiger partial charge in [-0.05, 0) is 6.07 Å². The van der Waals surface area contributed by atoms with Gasteiger partial charge in [-0.3, -0.25) is 0 Å². The highest BCUT2D eigenvalue weighted by molar-refractivity contribution is 5.32. The molecule has 0 heterocycles. The van der Waals surface area contributed by atoms with Crippen molar-refractivity contribution in [3.05, 3.63) is 29.8 Å². The summed E-state index contributed by atoms with van der Waals surface area (Å²) in [6, 6.07) is 6.57. The van der Waals surface area contributed by atoms with Gasteiger partial charge in [-0.2, -0.15) is 13.2 Å². The van der Waals surface area contributed by atoms with Crippen LogP contribution in [0.15, 0.2) is 24.3 Å². The minimum absolute atomic E-state index is 0.284. The van der Waals surface area contributed by atoms with Gasteiger partial charge in [-0.1, -0.05) is 18.2 Å². The topological polar surface area (TPSA) is 21.3 Å². The van der Waals surface area contributed by atoms with Crippen LogP contribution in [0.3, 0.4) is 0 Å². The molecule has 0 aromatic heterocycles. The molecule has 1 N–H and O–H groups in total. The molecule has 0 radical (unpaired) electrons. The van der Waals surface area contributed by atoms with E-state index >= 15 is 0 Å². The van der Waals surface area contributed by atoms with E-state index in [1.54, 1.807) is 24.3 Å². The predicted octanol–water partition coefficient (Wildman–Crippen LogP) is 2.30. The van der Waals surface area contributed by atoms with Crippen LogP contribution < -0.4 is 10.1 Å². The van der Waals surface area contributed by atoms with E-state index < -0.39 is 6.30 Å². The summed E-state index contributed by atoms with van der Waals surface area (Å²) in [5.41, 5.74) is 0.479. The zero-order valence-electron chi connectivity index (χ0n) is 7.56. The van der Waals surface area contributed by atoms with Crippen molar-refractivity contribution < 1.29 is 17.9 Å². The molecule has 0 spiro atoms. The van der Waals surface area contributed by atoms with Crippen LogP contribution >= 0.6 is 0 Å². The Labute approximate surface area is 79.7 Å². The van der Waals surface area contributed by atoms with Gasteiger partial charge in [0.05, 0.1) is 7.11 Å². The molecule has 78 valence electrons. The lowest BCUT2D eigenvalue weighted by Gasteiger charge is -2.11. The van der Waals surface area contributed by atoms with Crippen molar-refractivity contribution in [2.75, 3.05) is 7.11 Å². The van der Waals surface area contributed by atoms with Crippen LogP contribution in [0.25, 0.3) is 0 Å². The summed E-state index contributed by atoms with van der Waals surface area (Å²) in [5.74, 6) is 0.448. The monoisotopic (exact) mass is 205 g/mol. The molecule has 0 amide bonds. The van der Waals surface area contributed by atoms with E-state index in [0.717, 1.165) is 0 Å². The quantitative estimate of drug-likeness (QED) is 0.764. The number of nitrogens with one attached hydrogen (secondary N) is 1. The van der Waals surface area contributed by atoms with Crippen molar-refractivity contribution >= 4 is 0 Å². The first-order valence-corrected chi connectivity index (χ1v) is 3.96. The maximum atomic E-state index is 11.8. The summed E-state index contributed by atoms with van der Waals surface area (Å²) in [4.78, 5) is 0. The Hall–Kier alpha value is -1.23. The molecule has 0 saturated heterocycles. The van der Waals surface area contributed by atoms with Crippen molar-refractivity contribution in [3.8, 4) is 5.75 Å². The molecule has 0 bridgehead atoms. The fourth-order valence-corrected chi connectivity index (χ4v) is 1.04. The van der Waals surface area contributed by atoms with Crippen LogP contribution in [-0.4, -0.2) is 13.4 Å². The summed E-state index contributed by atoms with van der Waals surface area (Å²) in [6.07, 6.45) is -4.36. The van der Waals surface area contributed by atoms with E-state index in [-0.39, 0.29) is 6.54 Å². The average Bonchev–Trinajstić information content (AvgIpc) is 2.14. The molecule has 1 aromatic carbocycles. The highest BCUT2D eigenvalue weighted by Gasteiger charge is 2.26. The van der Waals surface area contributed by atoms with Crippen molar-refractivity contribution in [1.82, 2.24) is 5.32 Å². The summed E-state index contributed by atoms with van der Waals surface area (Å²) in [5, 5.41) is 1.43. The van der Waals surface area contributed by atoms with Crippen molar-refractivity contribution in [3.63, 3.8) is 0 Å². The van der Waals surface area contributed by atoms with Crippen molar-refractivity contribution in [2.24, 2.45) is 0 Å². The Morgan fingerprint density at radius 2 is 1.93 bits per heavy atom. The van der Waals surface area contributed by atoms with Crippen LogP contribution in [0, 0.1) is 0 Å². The molecule has 1 aromatic rings. The van der Waals surface area contributed by atoms with Gasteiger partial charge >= 0.3 is 6.30 Å². The molecule has 0 aliphatic rings. The number of hydrogen-bond acceptors (Lipinski definition) is 2. The highest BCUT2D eigenvalue weighted by atomic mass is 19.4. The van der Waals surface area contributed by atoms with E-state index in [2.05, 4.69) is 0 Å². The lowest BCUT2D eigenvalue weighted by Crippen LogP contribution is -2.30. The van der Waals surface area contributed by atoms with E-state index in [1.807, 2.05) is 0 Å². The van der Waals surface area contributed by atoms with Gasteiger partial charge < -0.3 is 4.74 Å². The fourth-order valence-electron chi connectivity index (χ4n) is 1.04. The van der Waals surface area contributed by atoms with Crippen LogP contribution in [0.4, 0.5) is 13.2 Å². The SMILES string of the molecule is COc1ccccc1CNC(F)(F)F. The molecule has 0 fully saturated rings. The zero-order valence-corrected chi connectivity index (χ0v) is 7.56. The molecule has 0 aliphatic heterocycles. The number of hydrogen-bond donors (Lipinski definition) is 1. The first kappa shape index (κ1) is 10.8. The molecule has 14 heavy (non-hydrogen) atoms. The zero-order chi connectivity index (χ0) is 10.6. The molecule has 0 unspecified atom stereocenters. The van der Waals surface area contributed by atoms with Crippen LogP contribution in [-0.2, 0) is 6.54 Å². The summed E-state index contributed by atoms with van der Waals surface area (Å²) < 4.78 is 40.4. The second-order valence-electron chi connectivity index (χ2n) is 2.66. The van der Waals surface area contributed by atoms with Gasteiger partial charge in [0.25, 0.3) is 0 Å². The molecule has 5 heteroatoms. The number of methoxy groups -OCH3 is 1. The summed E-state index contributed by atoms with van der Waals surface area (Å²) in [6.45, 7) is -0.284. The second-order valence-corrected chi connectivity index (χ2v) is 2.66. The minimum Gasteiger partial charge on any atom is -0.496 e. The molecule has 2 nitrogen and oxygen atoms in total. The Kier molecular flexibility index (Phi) is 3.35. The van der Waals surface area contributed by atoms with E-state index in [9.17, 15) is 13.2 Å². The second kappa shape index (κ2) is 4.32. The van der Waals surface area contributed by atoms with Gasteiger partial charge in [0, 0.05) is 12.1 Å². The Morgan fingerprint density at radius 3 is 2.50 bits per heavy atom. The minimum atomic E-state index is -4.36. The van der Waals surface area contributed by atoms with Crippen LogP contribution in [0.1, 0.15) is 5.56 Å². The van der Waals surface area contributed by atoms with Gasteiger partial charge in [0.15, 0.2) is 0 Å². The average molecular weight is 205 g/mol. The molecule has 1 rings (SSSR count). The first-order chi connectivity index (χ1) is 6.53. The van der Waals surface area contributed by atoms with Gasteiger partial charge in [-0.25, -0.2) is 5.32 Å². The van der Waals surface area contributed by atoms with Crippen LogP contribution in [0.2, 0.25) is 0 Å². The Morgan fingerprint density at radius 1 is 1.29 bits per heavy atom.